The molecule has 3 nitrogen and oxygen atoms in total. The monoisotopic (exact) mass is 248 g/mol. The second-order valence-electron chi connectivity index (χ2n) is 6.39. The van der Waals surface area contributed by atoms with E-state index in [0.29, 0.717) is 12.1 Å². The maximum Gasteiger partial charge on any atom is 0.0787 e. The van der Waals surface area contributed by atoms with Crippen LogP contribution in [0.3, 0.4) is 0 Å². The fourth-order valence-corrected chi connectivity index (χ4v) is 2.87. The van der Waals surface area contributed by atoms with E-state index in [9.17, 15) is 0 Å². The van der Waals surface area contributed by atoms with Gasteiger partial charge in [-0.2, -0.15) is 0 Å². The lowest BCUT2D eigenvalue weighted by Crippen LogP contribution is -2.44. The van der Waals surface area contributed by atoms with Gasteiger partial charge in [-0.05, 0) is 58.7 Å². The van der Waals surface area contributed by atoms with Crippen molar-refractivity contribution < 1.29 is 4.74 Å². The summed E-state index contributed by atoms with van der Waals surface area (Å²) in [5.74, 6) is 0. The van der Waals surface area contributed by atoms with E-state index in [1.54, 1.807) is 0 Å². The Morgan fingerprint density at radius 3 is 2.39 bits per heavy atom. The number of nitrogens with one attached hydrogen (secondary N) is 1. The Kier molecular flexibility index (Phi) is 3.47. The summed E-state index contributed by atoms with van der Waals surface area (Å²) in [6.07, 6.45) is 4.72. The van der Waals surface area contributed by atoms with Crippen molar-refractivity contribution in [3.8, 4) is 0 Å². The van der Waals surface area contributed by atoms with Crippen molar-refractivity contribution in [3.05, 3.63) is 30.1 Å². The smallest absolute Gasteiger partial charge is 0.0787 e. The molecule has 1 N–H and O–H groups in total. The molecule has 1 saturated heterocycles. The average Bonchev–Trinajstić information content (AvgIpc) is 2.48. The van der Waals surface area contributed by atoms with Crippen LogP contribution in [0.5, 0.6) is 0 Å². The zero-order valence-corrected chi connectivity index (χ0v) is 12.0. The molecule has 1 aromatic rings. The molecule has 2 rings (SSSR count). The van der Waals surface area contributed by atoms with Gasteiger partial charge in [0.2, 0.25) is 0 Å². The second kappa shape index (κ2) is 4.63. The van der Waals surface area contributed by atoms with E-state index in [2.05, 4.69) is 57.1 Å². The predicted molar refractivity (Wildman–Crippen MR) is 73.4 cm³/mol. The minimum Gasteiger partial charge on any atom is -0.368 e. The van der Waals surface area contributed by atoms with E-state index in [-0.39, 0.29) is 11.2 Å². The fraction of sp³-hybridized carbons (Fsp3) is 0.667. The maximum atomic E-state index is 6.11. The highest BCUT2D eigenvalue weighted by molar-refractivity contribution is 5.15. The van der Waals surface area contributed by atoms with Crippen LogP contribution in [0.4, 0.5) is 0 Å². The standard InChI is InChI=1S/C15H24N2O/c1-11(12-6-8-16-9-7-12)17-13-10-14(2,3)18-15(13,4)5/h6-9,11,13,17H,10H2,1-5H3/t11-,13?/m0/s1. The highest BCUT2D eigenvalue weighted by atomic mass is 16.5. The van der Waals surface area contributed by atoms with Gasteiger partial charge in [0, 0.05) is 24.5 Å². The minimum atomic E-state index is -0.120. The van der Waals surface area contributed by atoms with Crippen LogP contribution in [0, 0.1) is 0 Å². The van der Waals surface area contributed by atoms with Crippen LogP contribution in [0.15, 0.2) is 24.5 Å². The Bertz CT molecular complexity index is 400. The number of aromatic nitrogens is 1. The summed E-state index contributed by atoms with van der Waals surface area (Å²) in [7, 11) is 0. The quantitative estimate of drug-likeness (QED) is 0.892. The Morgan fingerprint density at radius 1 is 1.28 bits per heavy atom. The normalized spacial score (nSPS) is 27.1. The number of ether oxygens (including phenoxy) is 1. The van der Waals surface area contributed by atoms with Crippen molar-refractivity contribution in [1.82, 2.24) is 10.3 Å². The van der Waals surface area contributed by atoms with Gasteiger partial charge in [-0.15, -0.1) is 0 Å². The number of hydrogen-bond donors (Lipinski definition) is 1. The van der Waals surface area contributed by atoms with Crippen molar-refractivity contribution in [3.63, 3.8) is 0 Å². The van der Waals surface area contributed by atoms with Gasteiger partial charge >= 0.3 is 0 Å². The molecule has 18 heavy (non-hydrogen) atoms. The van der Waals surface area contributed by atoms with E-state index in [0.717, 1.165) is 6.42 Å². The van der Waals surface area contributed by atoms with Gasteiger partial charge in [-0.3, -0.25) is 4.98 Å². The van der Waals surface area contributed by atoms with Crippen LogP contribution in [0.2, 0.25) is 0 Å². The lowest BCUT2D eigenvalue weighted by atomic mass is 9.93. The van der Waals surface area contributed by atoms with Crippen LogP contribution >= 0.6 is 0 Å². The van der Waals surface area contributed by atoms with E-state index in [1.807, 2.05) is 12.4 Å². The number of rotatable bonds is 3. The minimum absolute atomic E-state index is 0.0425. The number of hydrogen-bond acceptors (Lipinski definition) is 3. The van der Waals surface area contributed by atoms with Crippen molar-refractivity contribution in [2.24, 2.45) is 0 Å². The van der Waals surface area contributed by atoms with E-state index in [1.165, 1.54) is 5.56 Å². The molecule has 0 amide bonds. The molecule has 1 aliphatic heterocycles. The first-order chi connectivity index (χ1) is 8.30. The molecule has 1 aliphatic rings. The third-order valence-electron chi connectivity index (χ3n) is 3.73. The summed E-state index contributed by atoms with van der Waals surface area (Å²) in [5.41, 5.74) is 1.11. The Balaban J connectivity index is 2.06. The van der Waals surface area contributed by atoms with E-state index >= 15 is 0 Å². The SMILES string of the molecule is C[C@H](NC1CC(C)(C)OC1(C)C)c1ccncc1. The molecule has 0 saturated carbocycles. The molecule has 0 aromatic carbocycles. The molecule has 1 unspecified atom stereocenters. The summed E-state index contributed by atoms with van der Waals surface area (Å²) in [6, 6.07) is 4.81. The van der Waals surface area contributed by atoms with E-state index < -0.39 is 0 Å². The highest BCUT2D eigenvalue weighted by Crippen LogP contribution is 2.38. The molecule has 0 aliphatic carbocycles. The topological polar surface area (TPSA) is 34.1 Å². The first-order valence-electron chi connectivity index (χ1n) is 6.66. The molecule has 1 aromatic heterocycles. The van der Waals surface area contributed by atoms with Crippen LogP contribution in [0.25, 0.3) is 0 Å². The lowest BCUT2D eigenvalue weighted by molar-refractivity contribution is -0.0703. The summed E-state index contributed by atoms with van der Waals surface area (Å²) in [6.45, 7) is 10.8. The zero-order chi connectivity index (χ0) is 13.4. The van der Waals surface area contributed by atoms with Crippen LogP contribution < -0.4 is 5.32 Å². The second-order valence-corrected chi connectivity index (χ2v) is 6.39. The third kappa shape index (κ3) is 2.90. The zero-order valence-electron chi connectivity index (χ0n) is 12.0. The molecular weight excluding hydrogens is 224 g/mol. The fourth-order valence-electron chi connectivity index (χ4n) is 2.87. The molecule has 2 heterocycles. The molecule has 2 atom stereocenters. The van der Waals surface area contributed by atoms with Crippen molar-refractivity contribution in [1.29, 1.82) is 0 Å². The Morgan fingerprint density at radius 2 is 1.89 bits per heavy atom. The van der Waals surface area contributed by atoms with Crippen molar-refractivity contribution in [2.45, 2.75) is 64.3 Å². The van der Waals surface area contributed by atoms with Crippen LogP contribution in [0.1, 0.15) is 52.6 Å². The average molecular weight is 248 g/mol. The summed E-state index contributed by atoms with van der Waals surface area (Å²) >= 11 is 0. The summed E-state index contributed by atoms with van der Waals surface area (Å²) in [5, 5.41) is 3.69. The van der Waals surface area contributed by atoms with Crippen LogP contribution in [-0.4, -0.2) is 22.2 Å². The number of nitrogens with zero attached hydrogens (tertiary/aromatic N) is 1. The van der Waals surface area contributed by atoms with Gasteiger partial charge in [0.05, 0.1) is 11.2 Å². The summed E-state index contributed by atoms with van der Waals surface area (Å²) in [4.78, 5) is 4.06. The first kappa shape index (κ1) is 13.5. The van der Waals surface area contributed by atoms with Crippen LogP contribution in [-0.2, 0) is 4.74 Å². The Labute approximate surface area is 110 Å². The van der Waals surface area contributed by atoms with Gasteiger partial charge in [0.25, 0.3) is 0 Å². The van der Waals surface area contributed by atoms with Gasteiger partial charge in [0.1, 0.15) is 0 Å². The molecule has 0 spiro atoms. The van der Waals surface area contributed by atoms with Gasteiger partial charge in [-0.1, -0.05) is 0 Å². The van der Waals surface area contributed by atoms with Gasteiger partial charge in [-0.25, -0.2) is 0 Å². The maximum absolute atomic E-state index is 6.11. The van der Waals surface area contributed by atoms with Crippen molar-refractivity contribution >= 4 is 0 Å². The molecule has 0 radical (unpaired) electrons. The predicted octanol–water partition coefficient (Wildman–Crippen LogP) is 3.08. The Hall–Kier alpha value is -0.930. The molecule has 0 bridgehead atoms. The first-order valence-corrected chi connectivity index (χ1v) is 6.66. The highest BCUT2D eigenvalue weighted by Gasteiger charge is 2.46. The number of pyridine rings is 1. The largest absolute Gasteiger partial charge is 0.368 e. The molecule has 100 valence electrons. The van der Waals surface area contributed by atoms with Gasteiger partial charge < -0.3 is 10.1 Å². The molecule has 1 fully saturated rings. The van der Waals surface area contributed by atoms with E-state index in [4.69, 9.17) is 4.74 Å². The third-order valence-corrected chi connectivity index (χ3v) is 3.73. The molecule has 3 heteroatoms. The lowest BCUT2D eigenvalue weighted by Gasteiger charge is -2.30. The molecular formula is C15H24N2O. The van der Waals surface area contributed by atoms with Gasteiger partial charge in [0.15, 0.2) is 0 Å². The summed E-state index contributed by atoms with van der Waals surface area (Å²) < 4.78 is 6.11. The van der Waals surface area contributed by atoms with Crippen molar-refractivity contribution in [2.75, 3.05) is 0 Å².